The van der Waals surface area contributed by atoms with Crippen molar-refractivity contribution in [3.05, 3.63) is 68.0 Å². The van der Waals surface area contributed by atoms with Gasteiger partial charge in [-0.05, 0) is 33.6 Å². The van der Waals surface area contributed by atoms with E-state index in [1.165, 1.54) is 10.6 Å². The fraction of sp³-hybridized carbons (Fsp3) is 0.292. The molecule has 0 amide bonds. The summed E-state index contributed by atoms with van der Waals surface area (Å²) in [5.41, 5.74) is 1.76. The average molecular weight is 512 g/mol. The Morgan fingerprint density at radius 1 is 1.15 bits per heavy atom. The van der Waals surface area contributed by atoms with Crippen LogP contribution < -0.4 is 10.5 Å². The van der Waals surface area contributed by atoms with E-state index in [0.717, 1.165) is 0 Å². The van der Waals surface area contributed by atoms with Crippen LogP contribution >= 0.6 is 15.9 Å². The van der Waals surface area contributed by atoms with E-state index < -0.39 is 12.0 Å². The molecule has 0 atom stereocenters. The van der Waals surface area contributed by atoms with E-state index in [1.54, 1.807) is 30.3 Å². The molecule has 33 heavy (non-hydrogen) atoms. The van der Waals surface area contributed by atoms with Crippen LogP contribution in [0.1, 0.15) is 23.1 Å². The van der Waals surface area contributed by atoms with E-state index in [4.69, 9.17) is 6.42 Å². The zero-order valence-corrected chi connectivity index (χ0v) is 19.2. The maximum atomic E-state index is 13.3. The molecule has 0 unspecified atom stereocenters. The number of nitrogens with zero attached hydrogens (tertiary/aromatic N) is 5. The van der Waals surface area contributed by atoms with E-state index in [-0.39, 0.29) is 17.7 Å². The lowest BCUT2D eigenvalue weighted by atomic mass is 10.1. The number of nitriles is 1. The molecule has 0 bridgehead atoms. The van der Waals surface area contributed by atoms with Gasteiger partial charge in [-0.2, -0.15) is 5.26 Å². The number of benzene rings is 1. The van der Waals surface area contributed by atoms with Crippen LogP contribution in [0.3, 0.4) is 0 Å². The van der Waals surface area contributed by atoms with Crippen molar-refractivity contribution in [1.29, 1.82) is 5.26 Å². The molecular formula is C24H20BrF2N5O. The van der Waals surface area contributed by atoms with Gasteiger partial charge in [0.25, 0.3) is 12.0 Å². The number of rotatable bonds is 5. The summed E-state index contributed by atoms with van der Waals surface area (Å²) in [5, 5.41) is 9.82. The normalized spacial score (nSPS) is 14.4. The van der Waals surface area contributed by atoms with Gasteiger partial charge in [0.2, 0.25) is 0 Å². The van der Waals surface area contributed by atoms with Crippen LogP contribution in [0.4, 0.5) is 14.5 Å². The van der Waals surface area contributed by atoms with Crippen LogP contribution in [0.5, 0.6) is 0 Å². The quantitative estimate of drug-likeness (QED) is 0.383. The van der Waals surface area contributed by atoms with Crippen LogP contribution in [0.15, 0.2) is 45.8 Å². The lowest BCUT2D eigenvalue weighted by Gasteiger charge is -2.37. The molecule has 6 nitrogen and oxygen atoms in total. The summed E-state index contributed by atoms with van der Waals surface area (Å²) < 4.78 is 28.6. The predicted octanol–water partition coefficient (Wildman–Crippen LogP) is 3.92. The Bertz CT molecular complexity index is 1330. The Hall–Kier alpha value is -3.27. The van der Waals surface area contributed by atoms with Crippen LogP contribution in [-0.2, 0) is 13.1 Å². The Labute approximate surface area is 198 Å². The van der Waals surface area contributed by atoms with Gasteiger partial charge in [-0.15, -0.1) is 6.42 Å². The number of halogens is 3. The number of hydrogen-bond acceptors (Lipinski definition) is 5. The molecule has 0 saturated carbocycles. The second-order valence-electron chi connectivity index (χ2n) is 7.70. The lowest BCUT2D eigenvalue weighted by Crippen LogP contribution is -2.47. The largest absolute Gasteiger partial charge is 0.366 e. The standard InChI is InChI=1S/C24H20BrF2N5O/c1-2-9-32-19-7-8-20(25)29-21(19)22(18(14-28)24(32)33)31-12-10-30(11-13-31)15-16-5-3-4-6-17(16)23(26)27/h1,3-8,23H,9-13,15H2. The van der Waals surface area contributed by atoms with E-state index in [1.807, 2.05) is 11.0 Å². The molecule has 1 fully saturated rings. The minimum Gasteiger partial charge on any atom is -0.366 e. The van der Waals surface area contributed by atoms with Gasteiger partial charge < -0.3 is 4.90 Å². The summed E-state index contributed by atoms with van der Waals surface area (Å²) in [6.07, 6.45) is 2.92. The third-order valence-corrected chi connectivity index (χ3v) is 6.23. The SMILES string of the molecule is C#CCn1c(=O)c(C#N)c(N2CCN(Cc3ccccc3C(F)F)CC2)c2nc(Br)ccc21. The van der Waals surface area contributed by atoms with E-state index in [9.17, 15) is 18.8 Å². The Morgan fingerprint density at radius 2 is 1.88 bits per heavy atom. The number of hydrogen-bond donors (Lipinski definition) is 0. The first-order valence-corrected chi connectivity index (χ1v) is 11.1. The number of alkyl halides is 2. The predicted molar refractivity (Wildman–Crippen MR) is 126 cm³/mol. The highest BCUT2D eigenvalue weighted by molar-refractivity contribution is 9.10. The number of piperazine rings is 1. The third-order valence-electron chi connectivity index (χ3n) is 5.78. The highest BCUT2D eigenvalue weighted by atomic mass is 79.9. The Kier molecular flexibility index (Phi) is 6.73. The number of fused-ring (bicyclic) bond motifs is 1. The van der Waals surface area contributed by atoms with Crippen LogP contribution in [0, 0.1) is 23.7 Å². The lowest BCUT2D eigenvalue weighted by molar-refractivity contribution is 0.148. The molecule has 1 aliphatic rings. The summed E-state index contributed by atoms with van der Waals surface area (Å²) in [5.74, 6) is 2.46. The highest BCUT2D eigenvalue weighted by Crippen LogP contribution is 2.30. The summed E-state index contributed by atoms with van der Waals surface area (Å²) in [7, 11) is 0. The molecular weight excluding hydrogens is 492 g/mol. The van der Waals surface area contributed by atoms with Crippen molar-refractivity contribution < 1.29 is 8.78 Å². The van der Waals surface area contributed by atoms with Gasteiger partial charge in [0.05, 0.1) is 17.7 Å². The second kappa shape index (κ2) is 9.70. The van der Waals surface area contributed by atoms with Gasteiger partial charge >= 0.3 is 0 Å². The molecule has 9 heteroatoms. The maximum Gasteiger partial charge on any atom is 0.272 e. The molecule has 1 saturated heterocycles. The molecule has 1 aliphatic heterocycles. The number of aromatic nitrogens is 2. The summed E-state index contributed by atoms with van der Waals surface area (Å²) in [6.45, 7) is 2.66. The smallest absolute Gasteiger partial charge is 0.272 e. The Balaban J connectivity index is 1.66. The zero-order valence-electron chi connectivity index (χ0n) is 17.6. The molecule has 0 radical (unpaired) electrons. The molecule has 0 N–H and O–H groups in total. The van der Waals surface area contributed by atoms with Crippen molar-refractivity contribution >= 4 is 32.7 Å². The highest BCUT2D eigenvalue weighted by Gasteiger charge is 2.26. The molecule has 2 aromatic heterocycles. The summed E-state index contributed by atoms with van der Waals surface area (Å²) in [6, 6.07) is 12.1. The van der Waals surface area contributed by atoms with Crippen molar-refractivity contribution in [3.8, 4) is 18.4 Å². The number of anilines is 1. The Morgan fingerprint density at radius 3 is 2.55 bits per heavy atom. The third kappa shape index (κ3) is 4.47. The number of pyridine rings is 2. The van der Waals surface area contributed by atoms with Crippen LogP contribution in [0.2, 0.25) is 0 Å². The molecule has 168 valence electrons. The molecule has 4 rings (SSSR count). The molecule has 1 aromatic carbocycles. The first-order chi connectivity index (χ1) is 15.9. The summed E-state index contributed by atoms with van der Waals surface area (Å²) >= 11 is 3.37. The van der Waals surface area contributed by atoms with Crippen molar-refractivity contribution in [1.82, 2.24) is 14.5 Å². The van der Waals surface area contributed by atoms with Gasteiger partial charge in [0.15, 0.2) is 0 Å². The van der Waals surface area contributed by atoms with Crippen molar-refractivity contribution in [2.75, 3.05) is 31.1 Å². The molecule has 0 spiro atoms. The van der Waals surface area contributed by atoms with Crippen molar-refractivity contribution in [2.24, 2.45) is 0 Å². The first kappa shape index (κ1) is 22.9. The number of terminal acetylenes is 1. The van der Waals surface area contributed by atoms with E-state index in [0.29, 0.717) is 59.6 Å². The van der Waals surface area contributed by atoms with Crippen LogP contribution in [-0.4, -0.2) is 40.6 Å². The maximum absolute atomic E-state index is 13.3. The van der Waals surface area contributed by atoms with E-state index >= 15 is 0 Å². The van der Waals surface area contributed by atoms with Crippen molar-refractivity contribution in [3.63, 3.8) is 0 Å². The minimum absolute atomic E-state index is 0.000143. The van der Waals surface area contributed by atoms with Gasteiger partial charge in [0.1, 0.15) is 21.8 Å². The summed E-state index contributed by atoms with van der Waals surface area (Å²) in [4.78, 5) is 21.7. The minimum atomic E-state index is -2.52. The van der Waals surface area contributed by atoms with Crippen molar-refractivity contribution in [2.45, 2.75) is 19.5 Å². The monoisotopic (exact) mass is 511 g/mol. The van der Waals surface area contributed by atoms with Gasteiger partial charge in [-0.3, -0.25) is 14.3 Å². The van der Waals surface area contributed by atoms with Gasteiger partial charge in [-0.1, -0.05) is 30.2 Å². The average Bonchev–Trinajstić information content (AvgIpc) is 2.81. The fourth-order valence-corrected chi connectivity index (χ4v) is 4.51. The first-order valence-electron chi connectivity index (χ1n) is 10.3. The topological polar surface area (TPSA) is 65.2 Å². The second-order valence-corrected chi connectivity index (χ2v) is 8.51. The molecule has 3 heterocycles. The van der Waals surface area contributed by atoms with Gasteiger partial charge in [-0.25, -0.2) is 13.8 Å². The van der Waals surface area contributed by atoms with E-state index in [2.05, 4.69) is 31.7 Å². The van der Waals surface area contributed by atoms with Crippen LogP contribution in [0.25, 0.3) is 11.0 Å². The molecule has 3 aromatic rings. The fourth-order valence-electron chi connectivity index (χ4n) is 4.20. The molecule has 0 aliphatic carbocycles. The zero-order chi connectivity index (χ0) is 23.5. The van der Waals surface area contributed by atoms with Gasteiger partial charge in [0, 0.05) is 38.3 Å².